The fourth-order valence-corrected chi connectivity index (χ4v) is 20.8. The highest BCUT2D eigenvalue weighted by Crippen LogP contribution is 2.53. The second-order valence-corrected chi connectivity index (χ2v) is 37.1. The molecule has 0 bridgehead atoms. The van der Waals surface area contributed by atoms with Crippen molar-refractivity contribution in [2.24, 2.45) is 0 Å². The molecule has 0 spiro atoms. The van der Waals surface area contributed by atoms with Crippen LogP contribution in [0.1, 0.15) is 114 Å². The first-order valence-electron chi connectivity index (χ1n) is 46.5. The summed E-state index contributed by atoms with van der Waals surface area (Å²) in [6.45, 7) is 28.9. The first kappa shape index (κ1) is 101. The number of pyridine rings is 6. The zero-order valence-corrected chi connectivity index (χ0v) is 80.4. The van der Waals surface area contributed by atoms with E-state index in [2.05, 4.69) is 34.7 Å². The zero-order valence-electron chi connectivity index (χ0n) is 80.4. The van der Waals surface area contributed by atoms with E-state index in [1.165, 1.54) is 51.5 Å². The maximum absolute atomic E-state index is 17.3. The Morgan fingerprint density at radius 2 is 0.604 bits per heavy atom. The first-order chi connectivity index (χ1) is 68.5. The van der Waals surface area contributed by atoms with Gasteiger partial charge in [-0.2, -0.15) is 0 Å². The van der Waals surface area contributed by atoms with E-state index >= 15 is 39.5 Å². The lowest BCUT2D eigenvalue weighted by atomic mass is 9.94. The molecular weight excluding hydrogens is 1880 g/mol. The van der Waals surface area contributed by atoms with E-state index in [9.17, 15) is 73.8 Å². The van der Waals surface area contributed by atoms with Gasteiger partial charge in [0.2, 0.25) is 17.7 Å². The molecule has 6 aromatic heterocycles. The largest absolute Gasteiger partial charge is 0.507 e. The summed E-state index contributed by atoms with van der Waals surface area (Å²) in [4.78, 5) is 151. The zero-order chi connectivity index (χ0) is 104. The predicted molar refractivity (Wildman–Crippen MR) is 525 cm³/mol. The molecule has 0 saturated carbocycles. The number of carbonyl (C=O) groups is 6. The molecule has 39 heteroatoms. The standard InChI is InChI=1S/3C35H34F3N5O5/c3*1-6-25(46)41-16-23-34(47)40(12-13-44)33-32(42(23)15-19(41)5)20-14-22(37)27(26-21(36)8-7-9-24(26)45)28(38)31(20)43(35(33)48)30-18(4)10-11-39-29(30)17(2)3/h3*6-11,14,17,19,23,44-45H,1,12-13,15-16H2,2-5H3/t3*19-,23-/m111/s1. The van der Waals surface area contributed by atoms with Crippen LogP contribution < -0.4 is 46.1 Å². The lowest BCUT2D eigenvalue weighted by Crippen LogP contribution is -2.67. The van der Waals surface area contributed by atoms with Gasteiger partial charge in [0.1, 0.15) is 87.3 Å². The second kappa shape index (κ2) is 39.4. The van der Waals surface area contributed by atoms with Gasteiger partial charge in [-0.05, 0) is 167 Å². The second-order valence-electron chi connectivity index (χ2n) is 37.1. The quantitative estimate of drug-likeness (QED) is 0.0343. The van der Waals surface area contributed by atoms with Crippen molar-refractivity contribution in [1.82, 2.24) is 43.4 Å². The Balaban J connectivity index is 0.000000155. The van der Waals surface area contributed by atoms with E-state index in [0.717, 1.165) is 101 Å². The average Bonchev–Trinajstić information content (AvgIpc) is 0.703. The van der Waals surface area contributed by atoms with Gasteiger partial charge in [-0.25, -0.2) is 39.5 Å². The third-order valence-electron chi connectivity index (χ3n) is 27.3. The molecule has 30 nitrogen and oxygen atoms in total. The van der Waals surface area contributed by atoms with E-state index in [4.69, 9.17) is 0 Å². The van der Waals surface area contributed by atoms with Crippen LogP contribution >= 0.6 is 0 Å². The number of amides is 6. The topological polar surface area (TPSA) is 358 Å². The Hall–Kier alpha value is -15.5. The van der Waals surface area contributed by atoms with Crippen LogP contribution in [0.3, 0.4) is 0 Å². The number of halogens is 9. The van der Waals surface area contributed by atoms with Crippen molar-refractivity contribution in [2.75, 3.05) is 108 Å². The number of aliphatic hydroxyl groups excluding tert-OH is 3. The number of aromatic nitrogens is 6. The molecule has 12 heterocycles. The number of nitrogens with zero attached hydrogens (tertiary/aromatic N) is 15. The Bertz CT molecular complexity index is 6880. The number of β-amino-alcohol motifs (C(OH)–C–C–N with tert-alkyl or cyclic N) is 3. The summed E-state index contributed by atoms with van der Waals surface area (Å²) in [6, 6.07) is 12.7. The summed E-state index contributed by atoms with van der Waals surface area (Å²) in [5.74, 6) is -16.9. The fourth-order valence-electron chi connectivity index (χ4n) is 20.8. The minimum Gasteiger partial charge on any atom is -0.507 e. The van der Waals surface area contributed by atoms with E-state index in [1.54, 1.807) is 74.4 Å². The molecule has 6 atom stereocenters. The number of aryl methyl sites for hydroxylation is 3. The van der Waals surface area contributed by atoms with Crippen molar-refractivity contribution in [3.63, 3.8) is 0 Å². The number of fused-ring (bicyclic) bond motifs is 15. The van der Waals surface area contributed by atoms with E-state index < -0.39 is 228 Å². The molecule has 0 radical (unpaired) electrons. The maximum Gasteiger partial charge on any atom is 0.281 e. The summed E-state index contributed by atoms with van der Waals surface area (Å²) in [5.41, 5.74) is -5.97. The molecule has 6 aliphatic heterocycles. The number of piperazine rings is 3. The molecule has 6 aromatic carbocycles. The molecule has 0 unspecified atom stereocenters. The van der Waals surface area contributed by atoms with Crippen molar-refractivity contribution in [2.45, 2.75) is 137 Å². The van der Waals surface area contributed by atoms with Crippen LogP contribution in [0, 0.1) is 73.1 Å². The molecule has 6 aliphatic rings. The molecular formula is C105H102F9N15O15. The summed E-state index contributed by atoms with van der Waals surface area (Å²) < 4.78 is 149. The van der Waals surface area contributed by atoms with Crippen LogP contribution in [-0.4, -0.2) is 224 Å². The minimum absolute atomic E-state index is 0.0107. The number of aromatic hydroxyl groups is 3. The third kappa shape index (κ3) is 16.5. The van der Waals surface area contributed by atoms with Gasteiger partial charge >= 0.3 is 0 Å². The van der Waals surface area contributed by atoms with Crippen LogP contribution in [0.15, 0.2) is 162 Å². The van der Waals surface area contributed by atoms with Gasteiger partial charge < -0.3 is 74.7 Å². The molecule has 12 aromatic rings. The average molecular weight is 1990 g/mol. The van der Waals surface area contributed by atoms with Gasteiger partial charge in [0.25, 0.3) is 34.4 Å². The number of rotatable bonds is 18. The van der Waals surface area contributed by atoms with Gasteiger partial charge in [0.05, 0.1) is 141 Å². The van der Waals surface area contributed by atoms with Crippen molar-refractivity contribution in [3.8, 4) is 67.7 Å². The first-order valence-corrected chi connectivity index (χ1v) is 46.5. The van der Waals surface area contributed by atoms with Crippen molar-refractivity contribution >= 4 is 102 Å². The molecule has 3 saturated heterocycles. The van der Waals surface area contributed by atoms with Gasteiger partial charge in [-0.3, -0.25) is 71.8 Å². The van der Waals surface area contributed by atoms with Crippen LogP contribution in [0.25, 0.3) is 83.2 Å². The number of aliphatic hydroxyl groups is 3. The number of phenolic OH excluding ortho intramolecular Hbond substituents is 3. The highest BCUT2D eigenvalue weighted by molar-refractivity contribution is 6.17. The van der Waals surface area contributed by atoms with E-state index in [-0.39, 0.29) is 144 Å². The molecule has 3 fully saturated rings. The molecule has 6 amide bonds. The SMILES string of the molecule is C=CC(=O)N1C[C@@H]2C(=O)N(CCO)c3c(c4cc(F)c(-c5c(O)cccc5F)c(F)c4n(-c4c(C)ccnc4C(C)C)c3=O)N2C[C@H]1C.C=CC(=O)N1C[C@@H]2C(=O)N(CCO)c3c(c4cc(F)c(-c5c(O)cccc5F)c(F)c4n(-c4c(C)ccnc4C(C)C)c3=O)N2C[C@H]1C.C=CC(=O)N1C[C@@H]2C(=O)N(CCO)c3c(c4cc(F)c(-c5c(O)cccc5F)c(F)c4n(-c4c(C)ccnc4C(C)C)c3=O)N2C[C@H]1C. The molecule has 0 aliphatic carbocycles. The molecule has 750 valence electrons. The number of carbonyl (C=O) groups excluding carboxylic acids is 6. The Morgan fingerprint density at radius 1 is 0.361 bits per heavy atom. The highest BCUT2D eigenvalue weighted by Gasteiger charge is 2.53. The lowest BCUT2D eigenvalue weighted by molar-refractivity contribution is -0.132. The van der Waals surface area contributed by atoms with E-state index in [1.807, 2.05) is 41.5 Å². The smallest absolute Gasteiger partial charge is 0.281 e. The predicted octanol–water partition coefficient (Wildman–Crippen LogP) is 13.6. The monoisotopic (exact) mass is 1980 g/mol. The van der Waals surface area contributed by atoms with Crippen molar-refractivity contribution in [1.29, 1.82) is 0 Å². The van der Waals surface area contributed by atoms with Crippen molar-refractivity contribution in [3.05, 3.63) is 265 Å². The number of hydrogen-bond donors (Lipinski definition) is 6. The number of benzene rings is 6. The molecule has 6 N–H and O–H groups in total. The van der Waals surface area contributed by atoms with Gasteiger partial charge in [0.15, 0.2) is 17.5 Å². The van der Waals surface area contributed by atoms with Gasteiger partial charge in [-0.15, -0.1) is 0 Å². The van der Waals surface area contributed by atoms with Crippen LogP contribution in [0.2, 0.25) is 0 Å². The maximum atomic E-state index is 17.3. The summed E-state index contributed by atoms with van der Waals surface area (Å²) in [6.07, 6.45) is 7.99. The Kier molecular flexibility index (Phi) is 27.8. The van der Waals surface area contributed by atoms with Gasteiger partial charge in [-0.1, -0.05) is 79.5 Å². The summed E-state index contributed by atoms with van der Waals surface area (Å²) >= 11 is 0. The van der Waals surface area contributed by atoms with Crippen LogP contribution in [0.4, 0.5) is 73.6 Å². The van der Waals surface area contributed by atoms with Gasteiger partial charge in [0, 0.05) is 92.1 Å². The Labute approximate surface area is 818 Å². The summed E-state index contributed by atoms with van der Waals surface area (Å²) in [5, 5.41) is 61.6. The number of phenols is 3. The van der Waals surface area contributed by atoms with Crippen LogP contribution in [-0.2, 0) is 28.8 Å². The number of anilines is 6. The lowest BCUT2D eigenvalue weighted by Gasteiger charge is -2.50. The molecule has 144 heavy (non-hydrogen) atoms. The Morgan fingerprint density at radius 3 is 0.819 bits per heavy atom. The fraction of sp³-hybridized carbons (Fsp3) is 0.314. The number of hydrogen-bond acceptors (Lipinski definition) is 21. The minimum atomic E-state index is -1.32. The highest BCUT2D eigenvalue weighted by atomic mass is 19.2. The molecule has 18 rings (SSSR count). The van der Waals surface area contributed by atoms with E-state index in [0.29, 0.717) is 33.8 Å². The van der Waals surface area contributed by atoms with Crippen LogP contribution in [0.5, 0.6) is 17.2 Å². The normalized spacial score (nSPS) is 17.6. The third-order valence-corrected chi connectivity index (χ3v) is 27.3. The summed E-state index contributed by atoms with van der Waals surface area (Å²) in [7, 11) is 0. The van der Waals surface area contributed by atoms with Crippen molar-refractivity contribution < 1.29 is 98.9 Å².